The smallest absolute Gasteiger partial charge is 0.160 e. The van der Waals surface area contributed by atoms with Crippen molar-refractivity contribution in [2.75, 3.05) is 9.80 Å². The largest absolute Gasteiger partial charge is 0.454 e. The van der Waals surface area contributed by atoms with Crippen LogP contribution in [0, 0.1) is 0 Å². The summed E-state index contributed by atoms with van der Waals surface area (Å²) in [6.45, 7) is 2.47. The minimum atomic E-state index is -0.401. The number of rotatable bonds is 12. The van der Waals surface area contributed by atoms with Crippen molar-refractivity contribution >= 4 is 56.1 Å². The molecule has 0 bridgehead atoms. The lowest BCUT2D eigenvalue weighted by Gasteiger charge is -2.32. The molecule has 1 aliphatic carbocycles. The number of nitrogens with zero attached hydrogens (tertiary/aromatic N) is 2. The number of hydrogen-bond donors (Lipinski definition) is 0. The van der Waals surface area contributed by atoms with Crippen LogP contribution in [0.5, 0.6) is 0 Å². The van der Waals surface area contributed by atoms with Crippen molar-refractivity contribution in [3.8, 4) is 55.6 Å². The van der Waals surface area contributed by atoms with Crippen LogP contribution in [0.2, 0.25) is 0 Å². The minimum Gasteiger partial charge on any atom is -0.454 e. The first-order valence-electron chi connectivity index (χ1n) is 26.9. The second-order valence-electron chi connectivity index (χ2n) is 20.6. The zero-order valence-corrected chi connectivity index (χ0v) is 43.3. The van der Waals surface area contributed by atoms with E-state index in [-0.39, 0.29) is 0 Å². The SMILES string of the molecule is CC1(Cc2ccc(N(c3ccccc3)c3c(-c4ccccc4)ccc4c3oc3cc(-c5ccccc5)ccc34)cc2)c2cc(-c3ccccc3)ccc2-c2cc(N(c3ccccc3)c3ccccc3)c(-c3ccccc3)cc21. The molecule has 0 radical (unpaired) electrons. The van der Waals surface area contributed by atoms with Crippen LogP contribution in [0.1, 0.15) is 23.6 Å². The molecule has 12 aromatic carbocycles. The van der Waals surface area contributed by atoms with Gasteiger partial charge in [-0.15, -0.1) is 0 Å². The quantitative estimate of drug-likeness (QED) is 0.122. The molecule has 1 atom stereocenters. The van der Waals surface area contributed by atoms with Gasteiger partial charge >= 0.3 is 0 Å². The third-order valence-corrected chi connectivity index (χ3v) is 15.9. The third-order valence-electron chi connectivity index (χ3n) is 15.9. The van der Waals surface area contributed by atoms with Gasteiger partial charge in [0.15, 0.2) is 5.58 Å². The van der Waals surface area contributed by atoms with E-state index < -0.39 is 5.41 Å². The lowest BCUT2D eigenvalue weighted by atomic mass is 9.74. The van der Waals surface area contributed by atoms with Crippen molar-refractivity contribution in [1.29, 1.82) is 0 Å². The Morgan fingerprint density at radius 1 is 0.321 bits per heavy atom. The highest BCUT2D eigenvalue weighted by atomic mass is 16.3. The summed E-state index contributed by atoms with van der Waals surface area (Å²) in [6, 6.07) is 108. The third kappa shape index (κ3) is 8.25. The average Bonchev–Trinajstić information content (AvgIpc) is 4.17. The van der Waals surface area contributed by atoms with Crippen molar-refractivity contribution in [2.24, 2.45) is 0 Å². The van der Waals surface area contributed by atoms with E-state index in [9.17, 15) is 0 Å². The molecule has 0 aliphatic heterocycles. The van der Waals surface area contributed by atoms with Crippen LogP contribution in [-0.2, 0) is 11.8 Å². The summed E-state index contributed by atoms with van der Waals surface area (Å²) in [4.78, 5) is 4.81. The van der Waals surface area contributed by atoms with Crippen LogP contribution in [0.25, 0.3) is 77.6 Å². The molecule has 13 aromatic rings. The monoisotopic (exact) mass is 998 g/mol. The molecule has 0 spiro atoms. The van der Waals surface area contributed by atoms with Gasteiger partial charge in [-0.05, 0) is 153 Å². The number of anilines is 6. The van der Waals surface area contributed by atoms with Crippen LogP contribution >= 0.6 is 0 Å². The Morgan fingerprint density at radius 3 is 1.32 bits per heavy atom. The number of para-hydroxylation sites is 3. The molecule has 370 valence electrons. The van der Waals surface area contributed by atoms with Gasteiger partial charge in [-0.25, -0.2) is 0 Å². The molecular weight excluding hydrogens is 945 g/mol. The summed E-state index contributed by atoms with van der Waals surface area (Å²) in [6.07, 6.45) is 0.781. The van der Waals surface area contributed by atoms with Gasteiger partial charge in [0.1, 0.15) is 5.58 Å². The second kappa shape index (κ2) is 19.6. The normalized spacial score (nSPS) is 13.6. The first-order valence-corrected chi connectivity index (χ1v) is 26.9. The van der Waals surface area contributed by atoms with Crippen molar-refractivity contribution in [3.05, 3.63) is 314 Å². The van der Waals surface area contributed by atoms with Gasteiger partial charge in [-0.2, -0.15) is 0 Å². The summed E-state index contributed by atoms with van der Waals surface area (Å²) >= 11 is 0. The topological polar surface area (TPSA) is 19.6 Å². The summed E-state index contributed by atoms with van der Waals surface area (Å²) in [5, 5.41) is 2.16. The number of fused-ring (bicyclic) bond motifs is 6. The van der Waals surface area contributed by atoms with E-state index in [0.29, 0.717) is 0 Å². The molecule has 3 nitrogen and oxygen atoms in total. The van der Waals surface area contributed by atoms with E-state index in [0.717, 1.165) is 84.7 Å². The molecule has 1 unspecified atom stereocenters. The van der Waals surface area contributed by atoms with Crippen molar-refractivity contribution in [1.82, 2.24) is 0 Å². The number of hydrogen-bond acceptors (Lipinski definition) is 3. The first kappa shape index (κ1) is 46.6. The lowest BCUT2D eigenvalue weighted by Crippen LogP contribution is -2.24. The molecule has 1 aliphatic rings. The fraction of sp³-hybridized carbons (Fsp3) is 0.0400. The highest BCUT2D eigenvalue weighted by Crippen LogP contribution is 2.56. The second-order valence-corrected chi connectivity index (χ2v) is 20.6. The van der Waals surface area contributed by atoms with Crippen LogP contribution in [0.4, 0.5) is 34.1 Å². The molecule has 0 saturated heterocycles. The first-order chi connectivity index (χ1) is 38.6. The zero-order chi connectivity index (χ0) is 52.0. The Morgan fingerprint density at radius 2 is 0.756 bits per heavy atom. The average molecular weight is 999 g/mol. The van der Waals surface area contributed by atoms with Gasteiger partial charge in [-0.3, -0.25) is 0 Å². The van der Waals surface area contributed by atoms with Gasteiger partial charge < -0.3 is 14.2 Å². The molecule has 0 amide bonds. The minimum absolute atomic E-state index is 0.401. The lowest BCUT2D eigenvalue weighted by molar-refractivity contribution is 0.583. The summed E-state index contributed by atoms with van der Waals surface area (Å²) in [7, 11) is 0. The number of furan rings is 1. The Hall–Kier alpha value is -9.96. The van der Waals surface area contributed by atoms with Crippen LogP contribution in [-0.4, -0.2) is 0 Å². The highest BCUT2D eigenvalue weighted by Gasteiger charge is 2.41. The Bertz CT molecular complexity index is 4220. The van der Waals surface area contributed by atoms with Crippen molar-refractivity contribution < 1.29 is 4.42 Å². The van der Waals surface area contributed by atoms with E-state index in [1.54, 1.807) is 0 Å². The predicted molar refractivity (Wildman–Crippen MR) is 327 cm³/mol. The summed E-state index contributed by atoms with van der Waals surface area (Å²) < 4.78 is 7.14. The highest BCUT2D eigenvalue weighted by molar-refractivity contribution is 6.14. The molecule has 0 saturated carbocycles. The Labute approximate surface area is 456 Å². The van der Waals surface area contributed by atoms with Crippen LogP contribution in [0.3, 0.4) is 0 Å². The van der Waals surface area contributed by atoms with E-state index in [4.69, 9.17) is 4.42 Å². The van der Waals surface area contributed by atoms with E-state index in [1.807, 2.05) is 0 Å². The zero-order valence-electron chi connectivity index (χ0n) is 43.3. The van der Waals surface area contributed by atoms with Crippen molar-refractivity contribution in [2.45, 2.75) is 18.8 Å². The van der Waals surface area contributed by atoms with Crippen LogP contribution < -0.4 is 9.80 Å². The molecule has 3 heteroatoms. The van der Waals surface area contributed by atoms with Gasteiger partial charge in [-0.1, -0.05) is 219 Å². The standard InChI is InChI=1S/C75H54N2O/c1-75(69-47-57(53-23-9-2-10-24-53)39-43-64(69)68-50-71(67(49-70(68)75)56-29-15-5-16-30-56)76(59-31-17-6-18-32-59)60-33-19-7-20-34-60)51-52-37-41-62(42-38-52)77(61-35-21-8-22-36-61)73-63(55-27-13-4-14-28-55)45-46-66-65-44-40-58(48-72(65)78-74(66)73)54-25-11-3-12-26-54/h2-50H,51H2,1H3. The molecule has 78 heavy (non-hydrogen) atoms. The fourth-order valence-electron chi connectivity index (χ4n) is 12.1. The summed E-state index contributed by atoms with van der Waals surface area (Å²) in [5.41, 5.74) is 23.4. The maximum atomic E-state index is 7.14. The maximum Gasteiger partial charge on any atom is 0.160 e. The fourth-order valence-corrected chi connectivity index (χ4v) is 12.1. The molecule has 1 aromatic heterocycles. The van der Waals surface area contributed by atoms with Crippen molar-refractivity contribution in [3.63, 3.8) is 0 Å². The van der Waals surface area contributed by atoms with E-state index in [2.05, 4.69) is 314 Å². The molecule has 0 N–H and O–H groups in total. The van der Waals surface area contributed by atoms with Gasteiger partial charge in [0.2, 0.25) is 0 Å². The molecular formula is C75H54N2O. The van der Waals surface area contributed by atoms with Gasteiger partial charge in [0.25, 0.3) is 0 Å². The molecule has 14 rings (SSSR count). The van der Waals surface area contributed by atoms with Gasteiger partial charge in [0, 0.05) is 50.1 Å². The Balaban J connectivity index is 0.935. The maximum absolute atomic E-state index is 7.14. The van der Waals surface area contributed by atoms with Gasteiger partial charge in [0.05, 0.1) is 11.4 Å². The summed E-state index contributed by atoms with van der Waals surface area (Å²) in [5.74, 6) is 0. The molecule has 1 heterocycles. The number of benzene rings is 12. The molecule has 0 fully saturated rings. The van der Waals surface area contributed by atoms with E-state index >= 15 is 0 Å². The Kier molecular flexibility index (Phi) is 11.7. The van der Waals surface area contributed by atoms with E-state index in [1.165, 1.54) is 50.1 Å². The predicted octanol–water partition coefficient (Wildman–Crippen LogP) is 20.7. The van der Waals surface area contributed by atoms with Crippen LogP contribution in [0.15, 0.2) is 302 Å².